The molecule has 3 heteroatoms. The van der Waals surface area contributed by atoms with Crippen molar-refractivity contribution in [2.24, 2.45) is 5.92 Å². The second-order valence-corrected chi connectivity index (χ2v) is 4.25. The topological polar surface area (TPSA) is 37.3 Å². The van der Waals surface area contributed by atoms with Gasteiger partial charge in [0.15, 0.2) is 12.0 Å². The molecule has 14 heavy (non-hydrogen) atoms. The summed E-state index contributed by atoms with van der Waals surface area (Å²) in [6.45, 7) is 1.23. The molecule has 1 aliphatic carbocycles. The molecule has 0 aliphatic heterocycles. The average molecular weight is 202 g/mol. The highest BCUT2D eigenvalue weighted by atomic mass is 19.1. The highest BCUT2D eigenvalue weighted by Gasteiger charge is 2.25. The Hall–Kier alpha value is -0.440. The van der Waals surface area contributed by atoms with Crippen LogP contribution in [0.25, 0.3) is 0 Å². The van der Waals surface area contributed by atoms with Gasteiger partial charge in [0.2, 0.25) is 0 Å². The number of Topliss-reactive ketones (excluding diaryl/α,β-unsaturated/α-hetero) is 1. The molecule has 0 aromatic rings. The molecule has 0 bridgehead atoms. The van der Waals surface area contributed by atoms with Crippen LogP contribution >= 0.6 is 0 Å². The summed E-state index contributed by atoms with van der Waals surface area (Å²) in [7, 11) is 0. The van der Waals surface area contributed by atoms with E-state index in [4.69, 9.17) is 0 Å². The van der Waals surface area contributed by atoms with Gasteiger partial charge in [-0.1, -0.05) is 19.3 Å². The van der Waals surface area contributed by atoms with Crippen molar-refractivity contribution in [3.63, 3.8) is 0 Å². The highest BCUT2D eigenvalue weighted by molar-refractivity contribution is 5.82. The third-order valence-corrected chi connectivity index (χ3v) is 3.05. The van der Waals surface area contributed by atoms with Gasteiger partial charge in [0.05, 0.1) is 6.10 Å². The van der Waals surface area contributed by atoms with Crippen LogP contribution in [-0.4, -0.2) is 23.2 Å². The zero-order valence-corrected chi connectivity index (χ0v) is 8.71. The van der Waals surface area contributed by atoms with Gasteiger partial charge >= 0.3 is 0 Å². The SMILES string of the molecule is CC(F)C(=O)CC(O)C1CCCCC1. The van der Waals surface area contributed by atoms with E-state index in [9.17, 15) is 14.3 Å². The van der Waals surface area contributed by atoms with E-state index < -0.39 is 18.1 Å². The van der Waals surface area contributed by atoms with Crippen LogP contribution in [0.4, 0.5) is 4.39 Å². The fourth-order valence-corrected chi connectivity index (χ4v) is 2.05. The molecular formula is C11H19FO2. The van der Waals surface area contributed by atoms with E-state index in [1.54, 1.807) is 0 Å². The molecule has 0 aromatic heterocycles. The lowest BCUT2D eigenvalue weighted by Gasteiger charge is -2.26. The number of carbonyl (C=O) groups is 1. The number of aliphatic hydroxyl groups is 1. The Morgan fingerprint density at radius 2 is 2.00 bits per heavy atom. The van der Waals surface area contributed by atoms with Crippen LogP contribution in [0.3, 0.4) is 0 Å². The molecule has 0 saturated heterocycles. The van der Waals surface area contributed by atoms with Crippen molar-refractivity contribution < 1.29 is 14.3 Å². The molecule has 0 aromatic carbocycles. The first-order valence-electron chi connectivity index (χ1n) is 5.46. The maximum Gasteiger partial charge on any atom is 0.169 e. The summed E-state index contributed by atoms with van der Waals surface area (Å²) in [4.78, 5) is 11.1. The third-order valence-electron chi connectivity index (χ3n) is 3.05. The Bertz CT molecular complexity index is 186. The summed E-state index contributed by atoms with van der Waals surface area (Å²) in [6.07, 6.45) is 3.36. The maximum absolute atomic E-state index is 12.6. The largest absolute Gasteiger partial charge is 0.392 e. The van der Waals surface area contributed by atoms with Crippen LogP contribution in [0.1, 0.15) is 45.4 Å². The molecule has 1 saturated carbocycles. The standard InChI is InChI=1S/C11H19FO2/c1-8(12)10(13)7-11(14)9-5-3-2-4-6-9/h8-9,11,14H,2-7H2,1H3. The van der Waals surface area contributed by atoms with E-state index in [2.05, 4.69) is 0 Å². The van der Waals surface area contributed by atoms with E-state index in [0.717, 1.165) is 25.7 Å². The molecule has 0 spiro atoms. The van der Waals surface area contributed by atoms with Gasteiger partial charge in [0.1, 0.15) is 0 Å². The zero-order valence-electron chi connectivity index (χ0n) is 8.71. The summed E-state index contributed by atoms with van der Waals surface area (Å²) >= 11 is 0. The van der Waals surface area contributed by atoms with Gasteiger partial charge in [-0.2, -0.15) is 0 Å². The molecule has 82 valence electrons. The van der Waals surface area contributed by atoms with Crippen molar-refractivity contribution in [2.45, 2.75) is 57.7 Å². The number of carbonyl (C=O) groups excluding carboxylic acids is 1. The first-order valence-corrected chi connectivity index (χ1v) is 5.46. The normalized spacial score (nSPS) is 23.1. The third kappa shape index (κ3) is 3.37. The minimum atomic E-state index is -1.44. The van der Waals surface area contributed by atoms with Gasteiger partial charge in [-0.3, -0.25) is 4.79 Å². The predicted molar refractivity (Wildman–Crippen MR) is 52.8 cm³/mol. The Morgan fingerprint density at radius 1 is 1.43 bits per heavy atom. The molecule has 1 aliphatic rings. The number of hydrogen-bond acceptors (Lipinski definition) is 2. The number of aliphatic hydroxyl groups excluding tert-OH is 1. The molecule has 0 radical (unpaired) electrons. The van der Waals surface area contributed by atoms with Crippen molar-refractivity contribution in [2.75, 3.05) is 0 Å². The number of rotatable bonds is 4. The second-order valence-electron chi connectivity index (χ2n) is 4.25. The first-order chi connectivity index (χ1) is 6.61. The predicted octanol–water partition coefficient (Wildman–Crippen LogP) is 2.24. The van der Waals surface area contributed by atoms with Crippen LogP contribution in [0, 0.1) is 5.92 Å². The lowest BCUT2D eigenvalue weighted by molar-refractivity contribution is -0.126. The Morgan fingerprint density at radius 3 is 2.50 bits per heavy atom. The summed E-state index contributed by atoms with van der Waals surface area (Å²) in [6, 6.07) is 0. The number of alkyl halides is 1. The van der Waals surface area contributed by atoms with E-state index in [1.165, 1.54) is 13.3 Å². The van der Waals surface area contributed by atoms with Crippen LogP contribution in [0.5, 0.6) is 0 Å². The van der Waals surface area contributed by atoms with Crippen LogP contribution in [-0.2, 0) is 4.79 Å². The minimum Gasteiger partial charge on any atom is -0.392 e. The summed E-state index contributed by atoms with van der Waals surface area (Å²) in [5, 5.41) is 9.71. The molecule has 1 rings (SSSR count). The Kier molecular flexibility index (Phi) is 4.52. The first kappa shape index (κ1) is 11.6. The fourth-order valence-electron chi connectivity index (χ4n) is 2.05. The summed E-state index contributed by atoms with van der Waals surface area (Å²) in [5.41, 5.74) is 0. The molecule has 1 N–H and O–H groups in total. The highest BCUT2D eigenvalue weighted by Crippen LogP contribution is 2.27. The summed E-state index contributed by atoms with van der Waals surface area (Å²) < 4.78 is 12.6. The molecule has 0 amide bonds. The van der Waals surface area contributed by atoms with Crippen LogP contribution in [0.2, 0.25) is 0 Å². The van der Waals surface area contributed by atoms with Crippen molar-refractivity contribution in [3.8, 4) is 0 Å². The second kappa shape index (κ2) is 5.44. The molecule has 0 heterocycles. The maximum atomic E-state index is 12.6. The lowest BCUT2D eigenvalue weighted by Crippen LogP contribution is -2.28. The minimum absolute atomic E-state index is 0.0116. The number of hydrogen-bond donors (Lipinski definition) is 1. The van der Waals surface area contributed by atoms with Crippen molar-refractivity contribution in [1.82, 2.24) is 0 Å². The van der Waals surface area contributed by atoms with Crippen LogP contribution in [0.15, 0.2) is 0 Å². The van der Waals surface area contributed by atoms with E-state index in [0.29, 0.717) is 0 Å². The van der Waals surface area contributed by atoms with Crippen LogP contribution < -0.4 is 0 Å². The Labute approximate surface area is 84.5 Å². The average Bonchev–Trinajstić information content (AvgIpc) is 2.19. The monoisotopic (exact) mass is 202 g/mol. The van der Waals surface area contributed by atoms with Gasteiger partial charge in [0, 0.05) is 6.42 Å². The van der Waals surface area contributed by atoms with Gasteiger partial charge in [-0.05, 0) is 25.7 Å². The quantitative estimate of drug-likeness (QED) is 0.759. The van der Waals surface area contributed by atoms with E-state index >= 15 is 0 Å². The molecule has 2 nitrogen and oxygen atoms in total. The lowest BCUT2D eigenvalue weighted by atomic mass is 9.83. The van der Waals surface area contributed by atoms with Gasteiger partial charge in [-0.15, -0.1) is 0 Å². The zero-order chi connectivity index (χ0) is 10.6. The number of halogens is 1. The van der Waals surface area contributed by atoms with E-state index in [1.807, 2.05) is 0 Å². The molecular weight excluding hydrogens is 183 g/mol. The Balaban J connectivity index is 2.32. The number of ketones is 1. The molecule has 2 unspecified atom stereocenters. The van der Waals surface area contributed by atoms with Gasteiger partial charge in [0.25, 0.3) is 0 Å². The fraction of sp³-hybridized carbons (Fsp3) is 0.909. The smallest absolute Gasteiger partial charge is 0.169 e. The molecule has 2 atom stereocenters. The van der Waals surface area contributed by atoms with Crippen molar-refractivity contribution in [3.05, 3.63) is 0 Å². The van der Waals surface area contributed by atoms with Gasteiger partial charge < -0.3 is 5.11 Å². The van der Waals surface area contributed by atoms with E-state index in [-0.39, 0.29) is 12.3 Å². The van der Waals surface area contributed by atoms with Gasteiger partial charge in [-0.25, -0.2) is 4.39 Å². The van der Waals surface area contributed by atoms with Crippen molar-refractivity contribution in [1.29, 1.82) is 0 Å². The molecule has 1 fully saturated rings. The van der Waals surface area contributed by atoms with Crippen molar-refractivity contribution >= 4 is 5.78 Å². The summed E-state index contributed by atoms with van der Waals surface area (Å²) in [5.74, 6) is -0.255.